The van der Waals surface area contributed by atoms with Crippen molar-refractivity contribution in [1.82, 2.24) is 5.32 Å². The second kappa shape index (κ2) is 5.16. The molecule has 0 unspecified atom stereocenters. The lowest BCUT2D eigenvalue weighted by Gasteiger charge is -2.09. The van der Waals surface area contributed by atoms with Gasteiger partial charge in [0.1, 0.15) is 0 Å². The summed E-state index contributed by atoms with van der Waals surface area (Å²) in [4.78, 5) is 0. The van der Waals surface area contributed by atoms with Crippen molar-refractivity contribution in [3.63, 3.8) is 0 Å². The molecule has 1 aliphatic rings. The van der Waals surface area contributed by atoms with E-state index in [4.69, 9.17) is 0 Å². The molecule has 3 rings (SSSR count). The number of hydrogen-bond acceptors (Lipinski definition) is 2. The van der Waals surface area contributed by atoms with Crippen LogP contribution in [0.3, 0.4) is 0 Å². The Labute approximate surface area is 120 Å². The maximum Gasteiger partial charge on any atom is 0.0360 e. The minimum atomic E-state index is 0.766. The van der Waals surface area contributed by atoms with Gasteiger partial charge in [0.25, 0.3) is 0 Å². The first-order valence-electron chi connectivity index (χ1n) is 6.29. The standard InChI is InChI=1S/C15H16BrNS/c1-10-2-3-11(7-17-12-4-5-12)6-13(10)14-8-18-9-15(14)16/h2-3,6,8-9,12,17H,4-5,7H2,1H3. The van der Waals surface area contributed by atoms with Crippen LogP contribution in [0.15, 0.2) is 33.4 Å². The molecule has 0 amide bonds. The van der Waals surface area contributed by atoms with E-state index in [-0.39, 0.29) is 0 Å². The van der Waals surface area contributed by atoms with Gasteiger partial charge in [-0.2, -0.15) is 11.3 Å². The van der Waals surface area contributed by atoms with E-state index in [1.807, 2.05) is 0 Å². The number of thiophene rings is 1. The highest BCUT2D eigenvalue weighted by Gasteiger charge is 2.20. The third-order valence-corrected chi connectivity index (χ3v) is 5.08. The van der Waals surface area contributed by atoms with Crippen LogP contribution in [0.1, 0.15) is 24.0 Å². The molecule has 0 spiro atoms. The largest absolute Gasteiger partial charge is 0.310 e. The average Bonchev–Trinajstić information content (AvgIpc) is 3.10. The molecule has 18 heavy (non-hydrogen) atoms. The van der Waals surface area contributed by atoms with Gasteiger partial charge in [-0.25, -0.2) is 0 Å². The summed E-state index contributed by atoms with van der Waals surface area (Å²) in [6.45, 7) is 3.16. The van der Waals surface area contributed by atoms with Gasteiger partial charge in [0, 0.05) is 28.0 Å². The summed E-state index contributed by atoms with van der Waals surface area (Å²) in [5.41, 5.74) is 5.37. The fourth-order valence-electron chi connectivity index (χ4n) is 2.09. The Morgan fingerprint density at radius 3 is 2.78 bits per heavy atom. The minimum absolute atomic E-state index is 0.766. The first-order valence-corrected chi connectivity index (χ1v) is 8.02. The summed E-state index contributed by atoms with van der Waals surface area (Å²) in [5, 5.41) is 7.93. The highest BCUT2D eigenvalue weighted by Crippen LogP contribution is 2.34. The zero-order valence-electron chi connectivity index (χ0n) is 10.4. The number of benzene rings is 1. The van der Waals surface area contributed by atoms with Crippen molar-refractivity contribution >= 4 is 27.3 Å². The van der Waals surface area contributed by atoms with Crippen LogP contribution in [0.5, 0.6) is 0 Å². The van der Waals surface area contributed by atoms with E-state index in [2.05, 4.69) is 57.1 Å². The minimum Gasteiger partial charge on any atom is -0.310 e. The molecule has 0 radical (unpaired) electrons. The van der Waals surface area contributed by atoms with Crippen LogP contribution in [-0.2, 0) is 6.54 Å². The Kier molecular flexibility index (Phi) is 3.55. The summed E-state index contributed by atoms with van der Waals surface area (Å²) in [6.07, 6.45) is 2.68. The Morgan fingerprint density at radius 1 is 1.28 bits per heavy atom. The fourth-order valence-corrected chi connectivity index (χ4v) is 3.60. The van der Waals surface area contributed by atoms with Crippen molar-refractivity contribution in [2.45, 2.75) is 32.4 Å². The molecule has 94 valence electrons. The van der Waals surface area contributed by atoms with Crippen molar-refractivity contribution < 1.29 is 0 Å². The zero-order valence-corrected chi connectivity index (χ0v) is 12.8. The Balaban J connectivity index is 1.87. The number of halogens is 1. The molecule has 1 nitrogen and oxygen atoms in total. The smallest absolute Gasteiger partial charge is 0.0360 e. The van der Waals surface area contributed by atoms with Crippen LogP contribution in [0, 0.1) is 6.92 Å². The number of nitrogens with one attached hydrogen (secondary N) is 1. The van der Waals surface area contributed by atoms with Crippen LogP contribution < -0.4 is 5.32 Å². The van der Waals surface area contributed by atoms with Crippen molar-refractivity contribution in [3.8, 4) is 11.1 Å². The van der Waals surface area contributed by atoms with Gasteiger partial charge >= 0.3 is 0 Å². The van der Waals surface area contributed by atoms with E-state index in [1.54, 1.807) is 11.3 Å². The van der Waals surface area contributed by atoms with E-state index < -0.39 is 0 Å². The summed E-state index contributed by atoms with van der Waals surface area (Å²) >= 11 is 5.37. The summed E-state index contributed by atoms with van der Waals surface area (Å²) in [6, 6.07) is 7.54. The molecule has 0 atom stereocenters. The third-order valence-electron chi connectivity index (χ3n) is 3.38. The fraction of sp³-hybridized carbons (Fsp3) is 0.333. The van der Waals surface area contributed by atoms with Gasteiger partial charge in [-0.15, -0.1) is 0 Å². The molecule has 1 N–H and O–H groups in total. The molecule has 2 aromatic rings. The maximum atomic E-state index is 3.63. The Hall–Kier alpha value is -0.640. The predicted molar refractivity (Wildman–Crippen MR) is 82.1 cm³/mol. The maximum absolute atomic E-state index is 3.63. The zero-order chi connectivity index (χ0) is 12.5. The molecule has 0 saturated heterocycles. The first-order chi connectivity index (χ1) is 8.74. The van der Waals surface area contributed by atoms with E-state index >= 15 is 0 Å². The lowest BCUT2D eigenvalue weighted by molar-refractivity contribution is 0.688. The van der Waals surface area contributed by atoms with E-state index in [1.165, 1.54) is 39.6 Å². The molecule has 1 fully saturated rings. The van der Waals surface area contributed by atoms with Gasteiger partial charge in [-0.1, -0.05) is 12.1 Å². The van der Waals surface area contributed by atoms with Gasteiger partial charge < -0.3 is 5.32 Å². The predicted octanol–water partition coefficient (Wildman–Crippen LogP) is 4.74. The summed E-state index contributed by atoms with van der Waals surface area (Å²) in [5.74, 6) is 0. The average molecular weight is 322 g/mol. The van der Waals surface area contributed by atoms with Crippen LogP contribution in [-0.4, -0.2) is 6.04 Å². The molecule has 0 bridgehead atoms. The normalized spacial score (nSPS) is 15.0. The number of aryl methyl sites for hydroxylation is 1. The summed E-state index contributed by atoms with van der Waals surface area (Å²) < 4.78 is 1.20. The van der Waals surface area contributed by atoms with Crippen molar-refractivity contribution in [3.05, 3.63) is 44.6 Å². The molecule has 1 saturated carbocycles. The lowest BCUT2D eigenvalue weighted by Crippen LogP contribution is -2.15. The Morgan fingerprint density at radius 2 is 2.11 bits per heavy atom. The number of rotatable bonds is 4. The second-order valence-corrected chi connectivity index (χ2v) is 6.54. The van der Waals surface area contributed by atoms with Crippen LogP contribution in [0.25, 0.3) is 11.1 Å². The first kappa shape index (κ1) is 12.4. The van der Waals surface area contributed by atoms with Gasteiger partial charge in [-0.05, 0) is 63.8 Å². The van der Waals surface area contributed by atoms with Crippen molar-refractivity contribution in [2.24, 2.45) is 0 Å². The Bertz CT molecular complexity index is 557. The van der Waals surface area contributed by atoms with Crippen LogP contribution in [0.4, 0.5) is 0 Å². The van der Waals surface area contributed by atoms with Crippen LogP contribution in [0.2, 0.25) is 0 Å². The highest BCUT2D eigenvalue weighted by molar-refractivity contribution is 9.10. The van der Waals surface area contributed by atoms with E-state index in [0.717, 1.165) is 12.6 Å². The van der Waals surface area contributed by atoms with Gasteiger partial charge in [0.05, 0.1) is 0 Å². The monoisotopic (exact) mass is 321 g/mol. The van der Waals surface area contributed by atoms with E-state index in [0.29, 0.717) is 0 Å². The SMILES string of the molecule is Cc1ccc(CNC2CC2)cc1-c1cscc1Br. The molecule has 1 aliphatic carbocycles. The summed E-state index contributed by atoms with van der Waals surface area (Å²) in [7, 11) is 0. The quantitative estimate of drug-likeness (QED) is 0.857. The molecule has 0 aliphatic heterocycles. The molecule has 1 heterocycles. The third kappa shape index (κ3) is 2.68. The van der Waals surface area contributed by atoms with Crippen molar-refractivity contribution in [1.29, 1.82) is 0 Å². The lowest BCUT2D eigenvalue weighted by atomic mass is 10.0. The highest BCUT2D eigenvalue weighted by atomic mass is 79.9. The number of hydrogen-bond donors (Lipinski definition) is 1. The molecule has 3 heteroatoms. The molecule has 1 aromatic carbocycles. The van der Waals surface area contributed by atoms with Crippen molar-refractivity contribution in [2.75, 3.05) is 0 Å². The van der Waals surface area contributed by atoms with E-state index in [9.17, 15) is 0 Å². The molecular formula is C15H16BrNS. The topological polar surface area (TPSA) is 12.0 Å². The molecular weight excluding hydrogens is 306 g/mol. The molecule has 1 aromatic heterocycles. The van der Waals surface area contributed by atoms with Gasteiger partial charge in [-0.3, -0.25) is 0 Å². The van der Waals surface area contributed by atoms with Gasteiger partial charge in [0.15, 0.2) is 0 Å². The van der Waals surface area contributed by atoms with Crippen LogP contribution >= 0.6 is 27.3 Å². The second-order valence-electron chi connectivity index (χ2n) is 4.94. The van der Waals surface area contributed by atoms with Gasteiger partial charge in [0.2, 0.25) is 0 Å².